The Morgan fingerprint density at radius 1 is 0.923 bits per heavy atom. The molecule has 1 aromatic rings. The highest BCUT2D eigenvalue weighted by molar-refractivity contribution is 7.80. The number of rotatable bonds is 1. The number of thiol groups is 1. The molecule has 0 spiro atoms. The van der Waals surface area contributed by atoms with Gasteiger partial charge in [0, 0.05) is 23.7 Å². The zero-order chi connectivity index (χ0) is 9.10. The molecule has 1 aromatic carbocycles. The monoisotopic (exact) mass is 193 g/mol. The maximum Gasteiger partial charge on any atom is 0.0366 e. The second-order valence-electron chi connectivity index (χ2n) is 3.56. The van der Waals surface area contributed by atoms with Gasteiger partial charge in [0.1, 0.15) is 0 Å². The van der Waals surface area contributed by atoms with Crippen LogP contribution in [-0.2, 0) is 0 Å². The molecule has 0 aromatic heterocycles. The van der Waals surface area contributed by atoms with Gasteiger partial charge >= 0.3 is 0 Å². The molecular weight excluding hydrogens is 178 g/mol. The molecule has 70 valence electrons. The van der Waals surface area contributed by atoms with Crippen molar-refractivity contribution >= 4 is 18.3 Å². The predicted molar refractivity (Wildman–Crippen MR) is 59.8 cm³/mol. The molecule has 2 heteroatoms. The zero-order valence-corrected chi connectivity index (χ0v) is 8.63. The van der Waals surface area contributed by atoms with Crippen LogP contribution >= 0.6 is 12.6 Å². The number of hydrogen-bond donors (Lipinski definition) is 1. The van der Waals surface area contributed by atoms with Crippen LogP contribution in [0.2, 0.25) is 0 Å². The van der Waals surface area contributed by atoms with Crippen molar-refractivity contribution in [3.8, 4) is 0 Å². The quantitative estimate of drug-likeness (QED) is 0.671. The van der Waals surface area contributed by atoms with Crippen LogP contribution in [0.3, 0.4) is 0 Å². The Balaban J connectivity index is 2.10. The number of anilines is 1. The van der Waals surface area contributed by atoms with E-state index in [1.807, 2.05) is 0 Å². The van der Waals surface area contributed by atoms with Crippen molar-refractivity contribution in [2.75, 3.05) is 18.0 Å². The molecule has 1 nitrogen and oxygen atoms in total. The van der Waals surface area contributed by atoms with Crippen molar-refractivity contribution in [2.24, 2.45) is 0 Å². The lowest BCUT2D eigenvalue weighted by Gasteiger charge is -2.28. The summed E-state index contributed by atoms with van der Waals surface area (Å²) in [6, 6.07) is 8.45. The van der Waals surface area contributed by atoms with Gasteiger partial charge in [0.05, 0.1) is 0 Å². The van der Waals surface area contributed by atoms with Crippen LogP contribution in [0.1, 0.15) is 19.3 Å². The fourth-order valence-corrected chi connectivity index (χ4v) is 1.96. The molecule has 0 N–H and O–H groups in total. The van der Waals surface area contributed by atoms with E-state index in [1.54, 1.807) is 0 Å². The maximum absolute atomic E-state index is 4.28. The lowest BCUT2D eigenvalue weighted by molar-refractivity contribution is 0.578. The van der Waals surface area contributed by atoms with Crippen LogP contribution < -0.4 is 4.90 Å². The molecule has 0 aliphatic carbocycles. The van der Waals surface area contributed by atoms with Gasteiger partial charge in [-0.3, -0.25) is 0 Å². The Morgan fingerprint density at radius 3 is 2.15 bits per heavy atom. The van der Waals surface area contributed by atoms with E-state index in [1.165, 1.54) is 38.0 Å². The van der Waals surface area contributed by atoms with Gasteiger partial charge in [-0.1, -0.05) is 0 Å². The Kier molecular flexibility index (Phi) is 2.79. The third kappa shape index (κ3) is 2.19. The van der Waals surface area contributed by atoms with Gasteiger partial charge in [-0.15, -0.1) is 12.6 Å². The first kappa shape index (κ1) is 8.95. The maximum atomic E-state index is 4.28. The highest BCUT2D eigenvalue weighted by Gasteiger charge is 2.09. The van der Waals surface area contributed by atoms with Crippen LogP contribution in [0.4, 0.5) is 5.69 Å². The first-order chi connectivity index (χ1) is 6.36. The number of nitrogens with zero attached hydrogens (tertiary/aromatic N) is 1. The fourth-order valence-electron chi connectivity index (χ4n) is 1.82. The van der Waals surface area contributed by atoms with Crippen LogP contribution in [0.25, 0.3) is 0 Å². The SMILES string of the molecule is Sc1ccc(N2CCCCC2)cc1. The van der Waals surface area contributed by atoms with E-state index in [0.29, 0.717) is 0 Å². The van der Waals surface area contributed by atoms with Crippen molar-refractivity contribution in [1.29, 1.82) is 0 Å². The molecular formula is C11H15NS. The predicted octanol–water partition coefficient (Wildman–Crippen LogP) is 2.97. The van der Waals surface area contributed by atoms with Gasteiger partial charge in [0.25, 0.3) is 0 Å². The molecule has 0 amide bonds. The van der Waals surface area contributed by atoms with Crippen molar-refractivity contribution < 1.29 is 0 Å². The van der Waals surface area contributed by atoms with Gasteiger partial charge in [0.15, 0.2) is 0 Å². The van der Waals surface area contributed by atoms with Crippen LogP contribution in [0.15, 0.2) is 29.2 Å². The van der Waals surface area contributed by atoms with E-state index in [0.717, 1.165) is 4.90 Å². The van der Waals surface area contributed by atoms with E-state index in [2.05, 4.69) is 41.8 Å². The molecule has 1 fully saturated rings. The van der Waals surface area contributed by atoms with Crippen molar-refractivity contribution in [3.05, 3.63) is 24.3 Å². The Hall–Kier alpha value is -0.630. The Labute approximate surface area is 85.2 Å². The summed E-state index contributed by atoms with van der Waals surface area (Å²) in [4.78, 5) is 3.50. The van der Waals surface area contributed by atoms with Crippen LogP contribution in [0, 0.1) is 0 Å². The second-order valence-corrected chi connectivity index (χ2v) is 4.08. The molecule has 0 saturated carbocycles. The number of hydrogen-bond acceptors (Lipinski definition) is 2. The van der Waals surface area contributed by atoms with E-state index in [4.69, 9.17) is 0 Å². The third-order valence-electron chi connectivity index (χ3n) is 2.57. The smallest absolute Gasteiger partial charge is 0.0366 e. The van der Waals surface area contributed by atoms with E-state index >= 15 is 0 Å². The lowest BCUT2D eigenvalue weighted by Crippen LogP contribution is -2.29. The Morgan fingerprint density at radius 2 is 1.54 bits per heavy atom. The standard InChI is InChI=1S/C11H15NS/c13-11-6-4-10(5-7-11)12-8-2-1-3-9-12/h4-7,13H,1-3,8-9H2. The molecule has 0 radical (unpaired) electrons. The molecule has 1 aliphatic heterocycles. The lowest BCUT2D eigenvalue weighted by atomic mass is 10.1. The Bertz CT molecular complexity index is 262. The first-order valence-electron chi connectivity index (χ1n) is 4.90. The molecule has 13 heavy (non-hydrogen) atoms. The summed E-state index contributed by atoms with van der Waals surface area (Å²) in [6.45, 7) is 2.43. The van der Waals surface area contributed by atoms with E-state index < -0.39 is 0 Å². The third-order valence-corrected chi connectivity index (χ3v) is 2.87. The highest BCUT2D eigenvalue weighted by Crippen LogP contribution is 2.20. The first-order valence-corrected chi connectivity index (χ1v) is 5.35. The van der Waals surface area contributed by atoms with Crippen LogP contribution in [0.5, 0.6) is 0 Å². The average Bonchev–Trinajstić information content (AvgIpc) is 2.20. The minimum absolute atomic E-state index is 1.04. The van der Waals surface area contributed by atoms with Gasteiger partial charge in [-0.2, -0.15) is 0 Å². The average molecular weight is 193 g/mol. The van der Waals surface area contributed by atoms with Crippen LogP contribution in [-0.4, -0.2) is 13.1 Å². The molecule has 2 rings (SSSR count). The van der Waals surface area contributed by atoms with E-state index in [9.17, 15) is 0 Å². The summed E-state index contributed by atoms with van der Waals surface area (Å²) < 4.78 is 0. The summed E-state index contributed by atoms with van der Waals surface area (Å²) in [5.74, 6) is 0. The molecule has 0 bridgehead atoms. The topological polar surface area (TPSA) is 3.24 Å². The summed E-state index contributed by atoms with van der Waals surface area (Å²) in [7, 11) is 0. The van der Waals surface area contributed by atoms with Crippen molar-refractivity contribution in [3.63, 3.8) is 0 Å². The van der Waals surface area contributed by atoms with Crippen molar-refractivity contribution in [1.82, 2.24) is 0 Å². The molecule has 0 atom stereocenters. The summed E-state index contributed by atoms with van der Waals surface area (Å²) >= 11 is 4.28. The summed E-state index contributed by atoms with van der Waals surface area (Å²) in [6.07, 6.45) is 4.06. The molecule has 1 saturated heterocycles. The minimum Gasteiger partial charge on any atom is -0.372 e. The van der Waals surface area contributed by atoms with Gasteiger partial charge in [-0.05, 0) is 43.5 Å². The van der Waals surface area contributed by atoms with E-state index in [-0.39, 0.29) is 0 Å². The van der Waals surface area contributed by atoms with Gasteiger partial charge in [0.2, 0.25) is 0 Å². The molecule has 1 aliphatic rings. The summed E-state index contributed by atoms with van der Waals surface area (Å²) in [5.41, 5.74) is 1.34. The fraction of sp³-hybridized carbons (Fsp3) is 0.455. The normalized spacial score (nSPS) is 17.5. The highest BCUT2D eigenvalue weighted by atomic mass is 32.1. The van der Waals surface area contributed by atoms with Gasteiger partial charge in [-0.25, -0.2) is 0 Å². The number of benzene rings is 1. The molecule has 1 heterocycles. The minimum atomic E-state index is 1.04. The largest absolute Gasteiger partial charge is 0.372 e. The van der Waals surface area contributed by atoms with Crippen molar-refractivity contribution in [2.45, 2.75) is 24.2 Å². The number of piperidine rings is 1. The second kappa shape index (κ2) is 4.05. The zero-order valence-electron chi connectivity index (χ0n) is 7.74. The van der Waals surface area contributed by atoms with Gasteiger partial charge < -0.3 is 4.90 Å². The molecule has 0 unspecified atom stereocenters. The summed E-state index contributed by atoms with van der Waals surface area (Å²) in [5, 5.41) is 0.